The van der Waals surface area contributed by atoms with Crippen molar-refractivity contribution >= 4 is 16.7 Å². The molecule has 1 fully saturated rings. The van der Waals surface area contributed by atoms with Crippen molar-refractivity contribution in [3.8, 4) is 0 Å². The first kappa shape index (κ1) is 13.4. The molecular weight excluding hydrogens is 250 g/mol. The van der Waals surface area contributed by atoms with E-state index >= 15 is 0 Å². The number of benzene rings is 1. The van der Waals surface area contributed by atoms with Crippen molar-refractivity contribution in [2.75, 3.05) is 5.73 Å². The number of fused-ring (bicyclic) bond motifs is 1. The first-order valence-electron chi connectivity index (χ1n) is 7.52. The van der Waals surface area contributed by atoms with Gasteiger partial charge in [0.1, 0.15) is 12.4 Å². The van der Waals surface area contributed by atoms with Crippen molar-refractivity contribution in [1.82, 2.24) is 9.55 Å². The summed E-state index contributed by atoms with van der Waals surface area (Å²) in [7, 11) is 0. The zero-order chi connectivity index (χ0) is 14.3. The van der Waals surface area contributed by atoms with Crippen LogP contribution in [0.1, 0.15) is 45.0 Å². The third-order valence-electron chi connectivity index (χ3n) is 4.97. The molecule has 1 aliphatic carbocycles. The van der Waals surface area contributed by atoms with E-state index in [1.807, 2.05) is 18.2 Å². The van der Waals surface area contributed by atoms with Crippen molar-refractivity contribution < 1.29 is 5.11 Å². The minimum atomic E-state index is -0.0192. The number of rotatable bonds is 3. The second-order valence-corrected chi connectivity index (χ2v) is 5.98. The van der Waals surface area contributed by atoms with E-state index in [0.717, 1.165) is 28.5 Å². The number of aliphatic hydroxyl groups excluding tert-OH is 1. The first-order valence-corrected chi connectivity index (χ1v) is 7.52. The molecule has 3 N–H and O–H groups in total. The molecule has 0 bridgehead atoms. The summed E-state index contributed by atoms with van der Waals surface area (Å²) in [6, 6.07) is 6.28. The number of aromatic nitrogens is 2. The predicted octanol–water partition coefficient (Wildman–Crippen LogP) is 3.11. The minimum absolute atomic E-state index is 0.0192. The average molecular weight is 273 g/mol. The van der Waals surface area contributed by atoms with Crippen molar-refractivity contribution in [3.05, 3.63) is 24.0 Å². The van der Waals surface area contributed by atoms with E-state index in [-0.39, 0.29) is 6.61 Å². The average Bonchev–Trinajstić information content (AvgIpc) is 2.97. The van der Waals surface area contributed by atoms with Gasteiger partial charge in [-0.1, -0.05) is 20.3 Å². The van der Waals surface area contributed by atoms with E-state index in [1.165, 1.54) is 19.3 Å². The molecule has 1 heterocycles. The molecule has 0 amide bonds. The fourth-order valence-electron chi connectivity index (χ4n) is 3.81. The van der Waals surface area contributed by atoms with Crippen LogP contribution in [-0.2, 0) is 6.61 Å². The van der Waals surface area contributed by atoms with E-state index in [2.05, 4.69) is 23.4 Å². The second kappa shape index (κ2) is 5.09. The number of anilines is 1. The summed E-state index contributed by atoms with van der Waals surface area (Å²) in [5, 5.41) is 9.64. The normalized spacial score (nSPS) is 26.4. The number of hydrogen-bond acceptors (Lipinski definition) is 3. The maximum absolute atomic E-state index is 9.64. The number of imidazole rings is 1. The number of hydrogen-bond donors (Lipinski definition) is 2. The number of nitrogen functional groups attached to an aromatic ring is 1. The minimum Gasteiger partial charge on any atom is -0.399 e. The van der Waals surface area contributed by atoms with Gasteiger partial charge in [-0.2, -0.15) is 0 Å². The lowest BCUT2D eigenvalue weighted by Crippen LogP contribution is -2.17. The molecule has 4 nitrogen and oxygen atoms in total. The molecule has 1 saturated carbocycles. The Morgan fingerprint density at radius 2 is 2.20 bits per heavy atom. The van der Waals surface area contributed by atoms with Crippen molar-refractivity contribution in [2.45, 2.75) is 45.8 Å². The highest BCUT2D eigenvalue weighted by Crippen LogP contribution is 2.43. The molecular formula is C16H23N3O. The molecule has 3 rings (SSSR count). The van der Waals surface area contributed by atoms with Crippen LogP contribution in [0.5, 0.6) is 0 Å². The zero-order valence-electron chi connectivity index (χ0n) is 12.2. The van der Waals surface area contributed by atoms with Crippen LogP contribution in [0.2, 0.25) is 0 Å². The Hall–Kier alpha value is -1.55. The Bertz CT molecular complexity index is 619. The third kappa shape index (κ3) is 1.99. The highest BCUT2D eigenvalue weighted by molar-refractivity contribution is 5.79. The van der Waals surface area contributed by atoms with Crippen molar-refractivity contribution in [1.29, 1.82) is 0 Å². The molecule has 3 unspecified atom stereocenters. The van der Waals surface area contributed by atoms with Gasteiger partial charge >= 0.3 is 0 Å². The summed E-state index contributed by atoms with van der Waals surface area (Å²) in [6.45, 7) is 4.58. The molecule has 20 heavy (non-hydrogen) atoms. The molecule has 1 aliphatic rings. The van der Waals surface area contributed by atoms with Crippen LogP contribution < -0.4 is 5.73 Å². The molecule has 4 heteroatoms. The predicted molar refractivity (Wildman–Crippen MR) is 81.3 cm³/mol. The molecule has 0 aliphatic heterocycles. The van der Waals surface area contributed by atoms with Gasteiger partial charge in [-0.05, 0) is 42.9 Å². The van der Waals surface area contributed by atoms with Crippen LogP contribution >= 0.6 is 0 Å². The highest BCUT2D eigenvalue weighted by atomic mass is 16.3. The summed E-state index contributed by atoms with van der Waals surface area (Å²) < 4.78 is 2.25. The third-order valence-corrected chi connectivity index (χ3v) is 4.97. The van der Waals surface area contributed by atoms with Gasteiger partial charge in [-0.15, -0.1) is 0 Å². The molecule has 0 saturated heterocycles. The quantitative estimate of drug-likeness (QED) is 0.845. The Labute approximate surface area is 119 Å². The smallest absolute Gasteiger partial charge is 0.135 e. The van der Waals surface area contributed by atoms with Gasteiger partial charge in [0.2, 0.25) is 0 Å². The van der Waals surface area contributed by atoms with Crippen LogP contribution in [0.4, 0.5) is 5.69 Å². The van der Waals surface area contributed by atoms with Crippen LogP contribution in [-0.4, -0.2) is 14.7 Å². The van der Waals surface area contributed by atoms with Gasteiger partial charge < -0.3 is 15.4 Å². The largest absolute Gasteiger partial charge is 0.399 e. The fourth-order valence-corrected chi connectivity index (χ4v) is 3.81. The molecule has 1 aromatic heterocycles. The molecule has 0 spiro atoms. The SMILES string of the molecule is CCC1CCC(n2c(CO)nc3cc(N)ccc32)C1C. The van der Waals surface area contributed by atoms with Crippen LogP contribution in [0.15, 0.2) is 18.2 Å². The Balaban J connectivity index is 2.10. The number of nitrogens with zero attached hydrogens (tertiary/aromatic N) is 2. The van der Waals surface area contributed by atoms with Gasteiger partial charge in [0.25, 0.3) is 0 Å². The standard InChI is InChI=1S/C16H23N3O/c1-3-11-4-6-14(10(11)2)19-15-7-5-12(17)8-13(15)18-16(19)9-20/h5,7-8,10-11,14,20H,3-4,6,9,17H2,1-2H3. The Morgan fingerprint density at radius 1 is 1.40 bits per heavy atom. The zero-order valence-corrected chi connectivity index (χ0v) is 12.2. The van der Waals surface area contributed by atoms with Crippen LogP contribution in [0, 0.1) is 11.8 Å². The van der Waals surface area contributed by atoms with E-state index in [9.17, 15) is 5.11 Å². The maximum Gasteiger partial charge on any atom is 0.135 e. The molecule has 0 radical (unpaired) electrons. The fraction of sp³-hybridized carbons (Fsp3) is 0.562. The summed E-state index contributed by atoms with van der Waals surface area (Å²) in [6.07, 6.45) is 3.66. The molecule has 108 valence electrons. The molecule has 3 atom stereocenters. The summed E-state index contributed by atoms with van der Waals surface area (Å²) >= 11 is 0. The van der Waals surface area contributed by atoms with Gasteiger partial charge in [0.05, 0.1) is 11.0 Å². The Kier molecular flexibility index (Phi) is 3.42. The van der Waals surface area contributed by atoms with Gasteiger partial charge in [-0.25, -0.2) is 4.98 Å². The van der Waals surface area contributed by atoms with E-state index in [1.54, 1.807) is 0 Å². The van der Waals surface area contributed by atoms with E-state index in [4.69, 9.17) is 5.73 Å². The number of nitrogens with two attached hydrogens (primary N) is 1. The first-order chi connectivity index (χ1) is 9.65. The topological polar surface area (TPSA) is 64.1 Å². The van der Waals surface area contributed by atoms with Gasteiger partial charge in [0.15, 0.2) is 0 Å². The number of aliphatic hydroxyl groups is 1. The molecule has 2 aromatic rings. The lowest BCUT2D eigenvalue weighted by Gasteiger charge is -2.23. The Morgan fingerprint density at radius 3 is 2.85 bits per heavy atom. The van der Waals surface area contributed by atoms with E-state index < -0.39 is 0 Å². The second-order valence-electron chi connectivity index (χ2n) is 5.98. The van der Waals surface area contributed by atoms with E-state index in [0.29, 0.717) is 12.0 Å². The monoisotopic (exact) mass is 273 g/mol. The highest BCUT2D eigenvalue weighted by Gasteiger charge is 2.34. The van der Waals surface area contributed by atoms with Crippen molar-refractivity contribution in [2.24, 2.45) is 11.8 Å². The summed E-state index contributed by atoms with van der Waals surface area (Å²) in [5.41, 5.74) is 8.54. The van der Waals surface area contributed by atoms with Crippen LogP contribution in [0.25, 0.3) is 11.0 Å². The maximum atomic E-state index is 9.64. The lowest BCUT2D eigenvalue weighted by molar-refractivity contribution is 0.251. The lowest BCUT2D eigenvalue weighted by atomic mass is 9.93. The van der Waals surface area contributed by atoms with Crippen molar-refractivity contribution in [3.63, 3.8) is 0 Å². The summed E-state index contributed by atoms with van der Waals surface area (Å²) in [4.78, 5) is 4.55. The van der Waals surface area contributed by atoms with Gasteiger partial charge in [-0.3, -0.25) is 0 Å². The van der Waals surface area contributed by atoms with Gasteiger partial charge in [0, 0.05) is 11.7 Å². The van der Waals surface area contributed by atoms with Crippen LogP contribution in [0.3, 0.4) is 0 Å². The summed E-state index contributed by atoms with van der Waals surface area (Å²) in [5.74, 6) is 2.16. The molecule has 1 aromatic carbocycles.